The zero-order chi connectivity index (χ0) is 20.0. The molecular weight excluding hydrogens is 408 g/mol. The smallest absolute Gasteiger partial charge is 0.260 e. The third-order valence-electron chi connectivity index (χ3n) is 5.77. The van der Waals surface area contributed by atoms with Crippen LogP contribution in [0.25, 0.3) is 0 Å². The number of hydrogen-bond donors (Lipinski definition) is 0. The summed E-state index contributed by atoms with van der Waals surface area (Å²) in [5.41, 5.74) is 0.491. The van der Waals surface area contributed by atoms with E-state index in [1.807, 2.05) is 0 Å². The predicted octanol–water partition coefficient (Wildman–Crippen LogP) is 4.46. The van der Waals surface area contributed by atoms with E-state index < -0.39 is 0 Å². The van der Waals surface area contributed by atoms with Gasteiger partial charge >= 0.3 is 0 Å². The molecule has 29 heavy (non-hydrogen) atoms. The Hall–Kier alpha value is -1.86. The van der Waals surface area contributed by atoms with Gasteiger partial charge in [0.25, 0.3) is 5.91 Å². The summed E-state index contributed by atoms with van der Waals surface area (Å²) in [7, 11) is 0. The van der Waals surface area contributed by atoms with Crippen LogP contribution in [0.2, 0.25) is 5.02 Å². The molecule has 6 nitrogen and oxygen atoms in total. The Morgan fingerprint density at radius 3 is 2.48 bits per heavy atom. The normalized spacial score (nSPS) is 22.6. The molecule has 2 saturated carbocycles. The van der Waals surface area contributed by atoms with Crippen LogP contribution in [0, 0.1) is 0 Å². The summed E-state index contributed by atoms with van der Waals surface area (Å²) in [6.07, 6.45) is 7.18. The van der Waals surface area contributed by atoms with Crippen molar-refractivity contribution in [1.82, 2.24) is 19.7 Å². The van der Waals surface area contributed by atoms with Crippen molar-refractivity contribution < 1.29 is 9.59 Å². The molecule has 3 aliphatic rings. The van der Waals surface area contributed by atoms with Gasteiger partial charge in [-0.25, -0.2) is 0 Å². The van der Waals surface area contributed by atoms with Crippen LogP contribution in [0.4, 0.5) is 0 Å². The molecule has 0 N–H and O–H groups in total. The number of likely N-dealkylation sites (tertiary alicyclic amines) is 1. The Labute approximate surface area is 179 Å². The molecule has 2 heterocycles. The zero-order valence-corrected chi connectivity index (χ0v) is 17.7. The average molecular weight is 431 g/mol. The monoisotopic (exact) mass is 430 g/mol. The van der Waals surface area contributed by atoms with Crippen molar-refractivity contribution in [1.29, 1.82) is 0 Å². The van der Waals surface area contributed by atoms with Gasteiger partial charge in [-0.15, -0.1) is 10.2 Å². The Morgan fingerprint density at radius 1 is 1.03 bits per heavy atom. The van der Waals surface area contributed by atoms with Gasteiger partial charge in [0.05, 0.1) is 5.25 Å². The molecule has 1 aromatic heterocycles. The number of imide groups is 1. The highest BCUT2D eigenvalue weighted by atomic mass is 35.5. The first kappa shape index (κ1) is 19.1. The first-order chi connectivity index (χ1) is 14.1. The molecule has 1 aromatic carbocycles. The molecule has 8 heteroatoms. The molecule has 1 saturated heterocycles. The second-order valence-corrected chi connectivity index (χ2v) is 9.73. The maximum Gasteiger partial charge on any atom is 0.260 e. The van der Waals surface area contributed by atoms with Gasteiger partial charge in [0.2, 0.25) is 5.91 Å². The van der Waals surface area contributed by atoms with E-state index in [2.05, 4.69) is 14.8 Å². The number of rotatable bonds is 5. The van der Waals surface area contributed by atoms with Crippen molar-refractivity contribution in [3.05, 3.63) is 40.7 Å². The van der Waals surface area contributed by atoms with Crippen molar-refractivity contribution in [3.8, 4) is 0 Å². The first-order valence-corrected chi connectivity index (χ1v) is 11.6. The minimum atomic E-state index is -0.303. The lowest BCUT2D eigenvalue weighted by atomic mass is 10.2. The number of benzene rings is 1. The van der Waals surface area contributed by atoms with Crippen LogP contribution in [0.15, 0.2) is 29.4 Å². The highest BCUT2D eigenvalue weighted by Gasteiger charge is 2.39. The molecule has 2 amide bonds. The van der Waals surface area contributed by atoms with E-state index >= 15 is 0 Å². The largest absolute Gasteiger partial charge is 0.303 e. The summed E-state index contributed by atoms with van der Waals surface area (Å²) in [6.45, 7) is 0.458. The lowest BCUT2D eigenvalue weighted by molar-refractivity contribution is -0.127. The van der Waals surface area contributed by atoms with Crippen LogP contribution < -0.4 is 0 Å². The highest BCUT2D eigenvalue weighted by Crippen LogP contribution is 2.46. The van der Waals surface area contributed by atoms with E-state index in [1.54, 1.807) is 24.3 Å². The van der Waals surface area contributed by atoms with Crippen LogP contribution >= 0.6 is 23.4 Å². The van der Waals surface area contributed by atoms with Gasteiger partial charge in [-0.1, -0.05) is 29.8 Å². The molecule has 1 atom stereocenters. The number of hydrogen-bond acceptors (Lipinski definition) is 5. The number of aromatic nitrogens is 3. The zero-order valence-electron chi connectivity index (χ0n) is 16.1. The molecular formula is C21H23ClN4O2S. The SMILES string of the molecule is O=C(c1ccc(Cl)cc1)N1CCCCC(Sc2nnc(C3CC3)n2C2CC2)C1=O. The number of amides is 2. The fraction of sp³-hybridized carbons (Fsp3) is 0.524. The molecule has 0 radical (unpaired) electrons. The molecule has 0 bridgehead atoms. The minimum Gasteiger partial charge on any atom is -0.303 e. The maximum absolute atomic E-state index is 13.3. The van der Waals surface area contributed by atoms with Crippen LogP contribution in [0.1, 0.15) is 73.1 Å². The van der Waals surface area contributed by atoms with E-state index in [0.29, 0.717) is 29.1 Å². The summed E-state index contributed by atoms with van der Waals surface area (Å²) in [6, 6.07) is 7.20. The second-order valence-electron chi connectivity index (χ2n) is 8.12. The molecule has 152 valence electrons. The van der Waals surface area contributed by atoms with E-state index in [4.69, 9.17) is 11.6 Å². The number of carbonyl (C=O) groups excluding carboxylic acids is 2. The van der Waals surface area contributed by atoms with Gasteiger partial charge in [-0.05, 0) is 62.8 Å². The summed E-state index contributed by atoms with van der Waals surface area (Å²) in [5, 5.41) is 10.0. The number of nitrogens with zero attached hydrogens (tertiary/aromatic N) is 4. The van der Waals surface area contributed by atoms with Crippen molar-refractivity contribution in [2.24, 2.45) is 0 Å². The molecule has 2 aliphatic carbocycles. The Balaban J connectivity index is 1.37. The summed E-state index contributed by atoms with van der Waals surface area (Å²) < 4.78 is 2.27. The lowest BCUT2D eigenvalue weighted by Gasteiger charge is -2.22. The van der Waals surface area contributed by atoms with E-state index in [1.165, 1.54) is 29.5 Å². The van der Waals surface area contributed by atoms with Gasteiger partial charge < -0.3 is 4.57 Å². The number of halogens is 1. The van der Waals surface area contributed by atoms with Crippen molar-refractivity contribution >= 4 is 35.2 Å². The average Bonchev–Trinajstić information content (AvgIpc) is 3.64. The Kier molecular flexibility index (Phi) is 5.12. The molecule has 0 spiro atoms. The molecule has 2 aromatic rings. The standard InChI is InChI=1S/C21H23ClN4O2S/c22-15-8-6-14(7-9-15)19(27)25-12-2-1-3-17(20(25)28)29-21-24-23-18(13-4-5-13)26(21)16-10-11-16/h6-9,13,16-17H,1-5,10-12H2. The first-order valence-electron chi connectivity index (χ1n) is 10.3. The number of thioether (sulfide) groups is 1. The van der Waals surface area contributed by atoms with E-state index in [0.717, 1.165) is 43.1 Å². The molecule has 1 aliphatic heterocycles. The van der Waals surface area contributed by atoms with Gasteiger partial charge in [-0.3, -0.25) is 14.5 Å². The third kappa shape index (κ3) is 3.94. The lowest BCUT2D eigenvalue weighted by Crippen LogP contribution is -2.41. The highest BCUT2D eigenvalue weighted by molar-refractivity contribution is 8.00. The molecule has 5 rings (SSSR count). The van der Waals surface area contributed by atoms with Gasteiger partial charge in [0, 0.05) is 29.1 Å². The number of carbonyl (C=O) groups is 2. The topological polar surface area (TPSA) is 68.1 Å². The van der Waals surface area contributed by atoms with Gasteiger partial charge in [0.15, 0.2) is 5.16 Å². The summed E-state index contributed by atoms with van der Waals surface area (Å²) in [5.74, 6) is 1.25. The molecule has 3 fully saturated rings. The van der Waals surface area contributed by atoms with Crippen molar-refractivity contribution in [2.75, 3.05) is 6.54 Å². The van der Waals surface area contributed by atoms with Gasteiger partial charge in [0.1, 0.15) is 5.82 Å². The van der Waals surface area contributed by atoms with Crippen molar-refractivity contribution in [3.63, 3.8) is 0 Å². The van der Waals surface area contributed by atoms with Crippen LogP contribution in [0.5, 0.6) is 0 Å². The molecule has 1 unspecified atom stereocenters. The summed E-state index contributed by atoms with van der Waals surface area (Å²) >= 11 is 7.42. The maximum atomic E-state index is 13.3. The predicted molar refractivity (Wildman–Crippen MR) is 111 cm³/mol. The van der Waals surface area contributed by atoms with Gasteiger partial charge in [-0.2, -0.15) is 0 Å². The second kappa shape index (κ2) is 7.76. The quantitative estimate of drug-likeness (QED) is 0.655. The fourth-order valence-electron chi connectivity index (χ4n) is 3.86. The van der Waals surface area contributed by atoms with Crippen LogP contribution in [-0.4, -0.2) is 43.3 Å². The van der Waals surface area contributed by atoms with E-state index in [-0.39, 0.29) is 17.1 Å². The van der Waals surface area contributed by atoms with Crippen LogP contribution in [-0.2, 0) is 4.79 Å². The summed E-state index contributed by atoms with van der Waals surface area (Å²) in [4.78, 5) is 27.7. The van der Waals surface area contributed by atoms with E-state index in [9.17, 15) is 9.59 Å². The third-order valence-corrected chi connectivity index (χ3v) is 7.23. The Morgan fingerprint density at radius 2 is 1.79 bits per heavy atom. The van der Waals surface area contributed by atoms with Crippen molar-refractivity contribution in [2.45, 2.75) is 67.3 Å². The van der Waals surface area contributed by atoms with Crippen LogP contribution in [0.3, 0.4) is 0 Å². The fourth-order valence-corrected chi connectivity index (χ4v) is 5.20. The Bertz CT molecular complexity index is 937. The minimum absolute atomic E-state index is 0.120.